The lowest BCUT2D eigenvalue weighted by atomic mass is 9.98. The van der Waals surface area contributed by atoms with Crippen LogP contribution in [0.25, 0.3) is 10.8 Å². The van der Waals surface area contributed by atoms with Gasteiger partial charge in [-0.1, -0.05) is 119 Å². The highest BCUT2D eigenvalue weighted by Gasteiger charge is 2.43. The third-order valence-electron chi connectivity index (χ3n) is 14.3. The molecule has 0 radical (unpaired) electrons. The van der Waals surface area contributed by atoms with Gasteiger partial charge in [0.2, 0.25) is 30.0 Å². The minimum Gasteiger partial charge on any atom is -0.480 e. The highest BCUT2D eigenvalue weighted by Crippen LogP contribution is 2.30. The first kappa shape index (κ1) is 76.4. The van der Waals surface area contributed by atoms with Crippen molar-refractivity contribution in [2.75, 3.05) is 88.7 Å². The average molecular weight is 1260 g/mol. The molecule has 8 rings (SSSR count). The zero-order valence-corrected chi connectivity index (χ0v) is 53.6. The van der Waals surface area contributed by atoms with Crippen molar-refractivity contribution < 1.29 is 52.9 Å². The van der Waals surface area contributed by atoms with E-state index in [1.807, 2.05) is 108 Å². The van der Waals surface area contributed by atoms with Crippen molar-refractivity contribution in [3.63, 3.8) is 0 Å². The summed E-state index contributed by atoms with van der Waals surface area (Å²) >= 11 is 0. The van der Waals surface area contributed by atoms with Crippen LogP contribution in [0.3, 0.4) is 0 Å². The molecular formula is C67H96N12O12. The van der Waals surface area contributed by atoms with Crippen LogP contribution in [0.15, 0.2) is 138 Å². The number of benzene rings is 3. The molecule has 0 saturated carbocycles. The minimum atomic E-state index is -1.17. The number of aliphatic imine (C=N–C) groups is 1. The van der Waals surface area contributed by atoms with Crippen LogP contribution in [0.2, 0.25) is 0 Å². The number of aromatic nitrogens is 2. The summed E-state index contributed by atoms with van der Waals surface area (Å²) in [5, 5.41) is 17.3. The van der Waals surface area contributed by atoms with E-state index in [0.717, 1.165) is 15.7 Å². The molecule has 5 heterocycles. The van der Waals surface area contributed by atoms with Gasteiger partial charge in [0, 0.05) is 99.8 Å². The molecule has 0 spiro atoms. The van der Waals surface area contributed by atoms with Crippen molar-refractivity contribution in [3.05, 3.63) is 150 Å². The number of primary amides is 2. The van der Waals surface area contributed by atoms with Crippen molar-refractivity contribution in [1.82, 2.24) is 30.0 Å². The number of pyridine rings is 2. The molecule has 3 aliphatic heterocycles. The molecule has 91 heavy (non-hydrogen) atoms. The van der Waals surface area contributed by atoms with Crippen LogP contribution in [0.4, 0.5) is 16.2 Å². The Morgan fingerprint density at radius 2 is 1.40 bits per heavy atom. The van der Waals surface area contributed by atoms with E-state index >= 15 is 0 Å². The standard InChI is InChI=1S/C27H41N7O10.C18H20N2O2.C14H16N2.C4H7N.2C2H6/c28-21-16-31(7-5-19-1-3-22(25(29)39)34(19)26(21)40)27(41)30-6-9-42-11-13-44-14-12-43-10-8-32(18-35)20-2-4-23(36)33(15-20)17-24(37)38;19-16(21)12-7-13-17(22)20-18(14-8-3-1-4-9-14)15-10-5-2-6-11-15;1-4-8-16(9-5-1)14-11-15-10-12-6-2-3-7-13(12)14;1-3-5-4-2;2*1-2/h2,4,15,18-19,21-22H,1,3,5-14,16-17,28H2,(H2,29,39)(H,30,41)(H,37,38);1-6,8-11,18H,7,12-13H2,(H2,19,21)(H,20,22);2-3,6-7,10-11H,1,4-5,8-9H2;3-4H,1H2,2H3;2*1-2H3. The van der Waals surface area contributed by atoms with Gasteiger partial charge in [-0.2, -0.15) is 0 Å². The molecule has 7 amide bonds. The van der Waals surface area contributed by atoms with Crippen molar-refractivity contribution >= 4 is 70.4 Å². The van der Waals surface area contributed by atoms with Gasteiger partial charge in [-0.15, -0.1) is 0 Å². The van der Waals surface area contributed by atoms with Gasteiger partial charge in [0.05, 0.1) is 63.3 Å². The van der Waals surface area contributed by atoms with E-state index in [0.29, 0.717) is 64.0 Å². The number of nitrogens with two attached hydrogens (primary N) is 3. The summed E-state index contributed by atoms with van der Waals surface area (Å²) in [6, 6.07) is 28.5. The number of piperidine rings is 1. The zero-order chi connectivity index (χ0) is 66.8. The van der Waals surface area contributed by atoms with Crippen molar-refractivity contribution in [3.8, 4) is 0 Å². The number of nitrogens with one attached hydrogen (secondary N) is 2. The summed E-state index contributed by atoms with van der Waals surface area (Å²) in [5.41, 5.74) is 19.8. The van der Waals surface area contributed by atoms with Crippen molar-refractivity contribution in [2.24, 2.45) is 22.2 Å². The lowest BCUT2D eigenvalue weighted by Gasteiger charge is -2.37. The topological polar surface area (TPSA) is 330 Å². The second kappa shape index (κ2) is 44.6. The molecule has 5 aromatic rings. The maximum absolute atomic E-state index is 12.8. The lowest BCUT2D eigenvalue weighted by Crippen LogP contribution is -2.59. The summed E-state index contributed by atoms with van der Waals surface area (Å²) < 4.78 is 17.4. The van der Waals surface area contributed by atoms with E-state index in [-0.39, 0.29) is 88.3 Å². The average Bonchev–Trinajstić information content (AvgIpc) is 2.62. The van der Waals surface area contributed by atoms with Gasteiger partial charge in [0.15, 0.2) is 0 Å². The van der Waals surface area contributed by atoms with Crippen LogP contribution < -0.4 is 43.2 Å². The van der Waals surface area contributed by atoms with E-state index in [1.165, 1.54) is 88.0 Å². The molecule has 3 atom stereocenters. The van der Waals surface area contributed by atoms with Crippen LogP contribution in [-0.4, -0.2) is 170 Å². The number of hydrogen-bond donors (Lipinski definition) is 6. The lowest BCUT2D eigenvalue weighted by molar-refractivity contribution is -0.141. The van der Waals surface area contributed by atoms with E-state index < -0.39 is 36.1 Å². The Bertz CT molecular complexity index is 3010. The summed E-state index contributed by atoms with van der Waals surface area (Å²) in [5.74, 6) is -2.55. The first-order valence-corrected chi connectivity index (χ1v) is 31.3. The molecule has 3 saturated heterocycles. The number of carboxylic acids is 1. The summed E-state index contributed by atoms with van der Waals surface area (Å²) in [4.78, 5) is 109. The number of fused-ring (bicyclic) bond motifs is 2. The quantitative estimate of drug-likeness (QED) is 0.0193. The van der Waals surface area contributed by atoms with E-state index in [1.54, 1.807) is 6.21 Å². The molecule has 3 fully saturated rings. The highest BCUT2D eigenvalue weighted by atomic mass is 16.5. The number of nitrogens with zero attached hydrogens (tertiary/aromatic N) is 7. The van der Waals surface area contributed by atoms with Gasteiger partial charge in [-0.25, -0.2) is 4.79 Å². The van der Waals surface area contributed by atoms with Gasteiger partial charge in [-0.05, 0) is 69.1 Å². The van der Waals surface area contributed by atoms with Crippen LogP contribution in [-0.2, 0) is 49.5 Å². The maximum Gasteiger partial charge on any atom is 0.323 e. The van der Waals surface area contributed by atoms with Crippen LogP contribution in [0.1, 0.15) is 110 Å². The fourth-order valence-corrected chi connectivity index (χ4v) is 10.0. The Morgan fingerprint density at radius 1 is 0.780 bits per heavy atom. The molecule has 24 heteroatoms. The molecule has 0 aliphatic carbocycles. The van der Waals surface area contributed by atoms with Crippen LogP contribution in [0, 0.1) is 0 Å². The summed E-state index contributed by atoms with van der Waals surface area (Å²) in [7, 11) is 0. The number of hydrogen-bond acceptors (Lipinski definition) is 15. The molecule has 0 bridgehead atoms. The summed E-state index contributed by atoms with van der Waals surface area (Å²) in [6.45, 7) is 17.5. The van der Waals surface area contributed by atoms with Gasteiger partial charge in [0.1, 0.15) is 18.6 Å². The number of amides is 7. The highest BCUT2D eigenvalue weighted by molar-refractivity contribution is 5.93. The second-order valence-electron chi connectivity index (χ2n) is 20.5. The Balaban J connectivity index is 0.000000377. The molecule has 3 aliphatic rings. The van der Waals surface area contributed by atoms with E-state index in [9.17, 15) is 38.4 Å². The fraction of sp³-hybridized carbons (Fsp3) is 0.463. The maximum atomic E-state index is 12.8. The fourth-order valence-electron chi connectivity index (χ4n) is 10.0. The molecule has 3 unspecified atom stereocenters. The van der Waals surface area contributed by atoms with Gasteiger partial charge in [0.25, 0.3) is 5.56 Å². The Labute approximate surface area is 535 Å². The van der Waals surface area contributed by atoms with Gasteiger partial charge in [-0.3, -0.25) is 43.5 Å². The Kier molecular flexibility index (Phi) is 37.4. The zero-order valence-electron chi connectivity index (χ0n) is 53.6. The number of aliphatic carboxylic acids is 1. The smallest absolute Gasteiger partial charge is 0.323 e. The molecule has 496 valence electrons. The first-order chi connectivity index (χ1) is 44.1. The van der Waals surface area contributed by atoms with Gasteiger partial charge < -0.3 is 71.3 Å². The van der Waals surface area contributed by atoms with Crippen molar-refractivity contribution in [1.29, 1.82) is 0 Å². The summed E-state index contributed by atoms with van der Waals surface area (Å²) in [6.07, 6.45) is 15.7. The number of anilines is 2. The van der Waals surface area contributed by atoms with Crippen LogP contribution >= 0.6 is 0 Å². The third kappa shape index (κ3) is 27.4. The molecule has 9 N–H and O–H groups in total. The monoisotopic (exact) mass is 1260 g/mol. The number of carbonyl (C=O) groups is 7. The number of rotatable bonds is 26. The molecular weight excluding hydrogens is 1160 g/mol. The SMILES string of the molecule is C=CN=CC.CC.CC.NC(=O)C1CCC2CCN(C(=O)NCCOCCOCCOCCN(C=O)c3ccc(=O)n(CC(=O)O)c3)CC(N)C(=O)N21.NC(=O)CCCC(=O)NC(c1ccccc1)c1ccccc1.c1ccc2c(N3CCCCC3)cncc2c1. The predicted molar refractivity (Wildman–Crippen MR) is 355 cm³/mol. The normalized spacial score (nSPS) is 15.7. The largest absolute Gasteiger partial charge is 0.480 e. The second-order valence-corrected chi connectivity index (χ2v) is 20.5. The predicted octanol–water partition coefficient (Wildman–Crippen LogP) is 6.58. The Morgan fingerprint density at radius 3 is 1.98 bits per heavy atom. The number of carbonyl (C=O) groups excluding carboxylic acids is 6. The first-order valence-electron chi connectivity index (χ1n) is 31.3. The van der Waals surface area contributed by atoms with Crippen molar-refractivity contribution in [2.45, 2.75) is 123 Å². The van der Waals surface area contributed by atoms with Gasteiger partial charge >= 0.3 is 12.0 Å². The van der Waals surface area contributed by atoms with E-state index in [4.69, 9.17) is 36.5 Å². The third-order valence-corrected chi connectivity index (χ3v) is 14.3. The number of urea groups is 1. The number of carboxylic acid groups (broad SMARTS) is 1. The van der Waals surface area contributed by atoms with Crippen LogP contribution in [0.5, 0.6) is 0 Å². The minimum absolute atomic E-state index is 0.0324. The number of ether oxygens (including phenoxy) is 3. The molecule has 24 nitrogen and oxygen atoms in total. The molecule has 3 aromatic carbocycles. The Hall–Kier alpha value is -8.84. The molecule has 2 aromatic heterocycles. The van der Waals surface area contributed by atoms with E-state index in [2.05, 4.69) is 56.4 Å².